The molecule has 0 N–H and O–H groups in total. The minimum atomic E-state index is -0.194. The Kier molecular flexibility index (Phi) is 11.6. The summed E-state index contributed by atoms with van der Waals surface area (Å²) < 4.78 is 9.69. The van der Waals surface area contributed by atoms with Gasteiger partial charge in [0.2, 0.25) is 0 Å². The Bertz CT molecular complexity index is 197. The van der Waals surface area contributed by atoms with Crippen LogP contribution < -0.4 is 0 Å². The van der Waals surface area contributed by atoms with Crippen molar-refractivity contribution in [3.63, 3.8) is 0 Å². The third kappa shape index (κ3) is 15.5. The summed E-state index contributed by atoms with van der Waals surface area (Å²) in [6, 6.07) is 0. The number of carbonyl (C=O) groups excluding carboxylic acids is 2. The van der Waals surface area contributed by atoms with Crippen molar-refractivity contribution in [2.24, 2.45) is 0 Å². The predicted molar refractivity (Wildman–Crippen MR) is 67.1 cm³/mol. The number of rotatable bonds is 10. The quantitative estimate of drug-likeness (QED) is 0.353. The second-order valence-electron chi connectivity index (χ2n) is 3.71. The number of hydrogen-bond acceptors (Lipinski definition) is 4. The van der Waals surface area contributed by atoms with Gasteiger partial charge in [0.1, 0.15) is 0 Å². The maximum atomic E-state index is 10.5. The van der Waals surface area contributed by atoms with Gasteiger partial charge in [-0.05, 0) is 0 Å². The molecule has 100 valence electrons. The van der Waals surface area contributed by atoms with Crippen molar-refractivity contribution in [3.8, 4) is 0 Å². The van der Waals surface area contributed by atoms with Crippen LogP contribution in [0.15, 0.2) is 0 Å². The Morgan fingerprint density at radius 3 is 1.59 bits per heavy atom. The number of unbranched alkanes of at least 4 members (excludes halogenated alkanes) is 2. The van der Waals surface area contributed by atoms with Gasteiger partial charge >= 0.3 is 109 Å². The fourth-order valence-electron chi connectivity index (χ4n) is 1.15. The van der Waals surface area contributed by atoms with Crippen LogP contribution >= 0.6 is 0 Å². The SMILES string of the molecule is CC(=O)OCCCC[Se]CCCCOC(C)=O. The third-order valence-corrected chi connectivity index (χ3v) is 4.40. The average Bonchev–Trinajstić information content (AvgIpc) is 2.25. The second kappa shape index (κ2) is 11.9. The molecule has 0 unspecified atom stereocenters. The molecule has 0 aliphatic carbocycles. The molecule has 0 radical (unpaired) electrons. The van der Waals surface area contributed by atoms with Crippen molar-refractivity contribution in [3.05, 3.63) is 0 Å². The summed E-state index contributed by atoms with van der Waals surface area (Å²) in [5.74, 6) is -0.387. The van der Waals surface area contributed by atoms with Crippen molar-refractivity contribution in [2.45, 2.75) is 50.2 Å². The summed E-state index contributed by atoms with van der Waals surface area (Å²) in [5, 5.41) is 2.48. The van der Waals surface area contributed by atoms with Gasteiger partial charge in [-0.15, -0.1) is 0 Å². The van der Waals surface area contributed by atoms with Crippen molar-refractivity contribution in [2.75, 3.05) is 13.2 Å². The number of carbonyl (C=O) groups is 2. The molecule has 0 aliphatic rings. The van der Waals surface area contributed by atoms with Crippen LogP contribution in [0.1, 0.15) is 39.5 Å². The zero-order valence-electron chi connectivity index (χ0n) is 10.7. The average molecular weight is 309 g/mol. The molecule has 0 aromatic heterocycles. The van der Waals surface area contributed by atoms with Crippen molar-refractivity contribution < 1.29 is 19.1 Å². The van der Waals surface area contributed by atoms with Gasteiger partial charge in [-0.3, -0.25) is 0 Å². The Labute approximate surface area is 110 Å². The summed E-state index contributed by atoms with van der Waals surface area (Å²) in [4.78, 5) is 20.9. The fraction of sp³-hybridized carbons (Fsp3) is 0.833. The molecule has 0 aromatic rings. The maximum absolute atomic E-state index is 10.5. The van der Waals surface area contributed by atoms with Crippen LogP contribution in [0.3, 0.4) is 0 Å². The molecule has 0 amide bonds. The van der Waals surface area contributed by atoms with Gasteiger partial charge < -0.3 is 0 Å². The van der Waals surface area contributed by atoms with Gasteiger partial charge in [0.15, 0.2) is 0 Å². The molecule has 0 aromatic carbocycles. The zero-order valence-corrected chi connectivity index (χ0v) is 12.4. The molecule has 0 rings (SSSR count). The summed E-state index contributed by atoms with van der Waals surface area (Å²) in [7, 11) is 0. The van der Waals surface area contributed by atoms with Crippen LogP contribution in [0.4, 0.5) is 0 Å². The van der Waals surface area contributed by atoms with Crippen LogP contribution in [0.2, 0.25) is 10.6 Å². The first-order valence-corrected chi connectivity index (χ1v) is 8.39. The van der Waals surface area contributed by atoms with E-state index in [-0.39, 0.29) is 11.9 Å². The monoisotopic (exact) mass is 310 g/mol. The number of ether oxygens (including phenoxy) is 2. The van der Waals surface area contributed by atoms with Crippen LogP contribution in [0.25, 0.3) is 0 Å². The first kappa shape index (κ1) is 16.5. The summed E-state index contributed by atoms with van der Waals surface area (Å²) in [6.45, 7) is 3.98. The Morgan fingerprint density at radius 1 is 0.824 bits per heavy atom. The minimum absolute atomic E-state index is 0.194. The van der Waals surface area contributed by atoms with Gasteiger partial charge in [0, 0.05) is 0 Å². The summed E-state index contributed by atoms with van der Waals surface area (Å²) in [6.07, 6.45) is 4.21. The van der Waals surface area contributed by atoms with Crippen LogP contribution in [-0.2, 0) is 19.1 Å². The molecule has 0 aliphatic heterocycles. The van der Waals surface area contributed by atoms with Crippen LogP contribution in [-0.4, -0.2) is 40.1 Å². The second-order valence-corrected chi connectivity index (χ2v) is 6.28. The van der Waals surface area contributed by atoms with Gasteiger partial charge in [-0.1, -0.05) is 0 Å². The van der Waals surface area contributed by atoms with Crippen LogP contribution in [0, 0.1) is 0 Å². The topological polar surface area (TPSA) is 52.6 Å². The van der Waals surface area contributed by atoms with E-state index in [1.807, 2.05) is 0 Å². The number of esters is 2. The fourth-order valence-corrected chi connectivity index (χ4v) is 3.29. The molecule has 4 nitrogen and oxygen atoms in total. The molecule has 0 fully saturated rings. The van der Waals surface area contributed by atoms with Crippen molar-refractivity contribution in [1.82, 2.24) is 0 Å². The molecule has 17 heavy (non-hydrogen) atoms. The van der Waals surface area contributed by atoms with E-state index in [1.54, 1.807) is 0 Å². The van der Waals surface area contributed by atoms with E-state index < -0.39 is 0 Å². The standard InChI is InChI=1S/C12H22O4Se/c1-11(13)15-7-3-5-9-17-10-6-4-8-16-12(2)14/h3-10H2,1-2H3. The van der Waals surface area contributed by atoms with E-state index in [0.29, 0.717) is 28.2 Å². The molecule has 0 atom stereocenters. The van der Waals surface area contributed by atoms with Crippen molar-refractivity contribution in [1.29, 1.82) is 0 Å². The van der Waals surface area contributed by atoms with Crippen molar-refractivity contribution >= 4 is 26.9 Å². The molecule has 0 spiro atoms. The van der Waals surface area contributed by atoms with E-state index in [1.165, 1.54) is 24.5 Å². The molecule has 0 saturated carbocycles. The van der Waals surface area contributed by atoms with E-state index in [2.05, 4.69) is 0 Å². The van der Waals surface area contributed by atoms with E-state index in [9.17, 15) is 9.59 Å². The summed E-state index contributed by atoms with van der Waals surface area (Å²) >= 11 is 0.673. The normalized spacial score (nSPS) is 10.0. The van der Waals surface area contributed by atoms with Gasteiger partial charge in [0.05, 0.1) is 0 Å². The zero-order chi connectivity index (χ0) is 12.9. The summed E-state index contributed by atoms with van der Waals surface area (Å²) in [5.41, 5.74) is 0. The molecule has 5 heteroatoms. The first-order chi connectivity index (χ1) is 8.13. The Hall–Kier alpha value is -0.541. The number of hydrogen-bond donors (Lipinski definition) is 0. The van der Waals surface area contributed by atoms with Gasteiger partial charge in [0.25, 0.3) is 0 Å². The Morgan fingerprint density at radius 2 is 1.24 bits per heavy atom. The predicted octanol–water partition coefficient (Wildman–Crippen LogP) is 2.21. The molecule has 0 heterocycles. The Balaban J connectivity index is 2.98. The van der Waals surface area contributed by atoms with E-state index in [0.717, 1.165) is 25.7 Å². The van der Waals surface area contributed by atoms with E-state index >= 15 is 0 Å². The van der Waals surface area contributed by atoms with Crippen LogP contribution in [0.5, 0.6) is 0 Å². The van der Waals surface area contributed by atoms with E-state index in [4.69, 9.17) is 9.47 Å². The van der Waals surface area contributed by atoms with Gasteiger partial charge in [-0.25, -0.2) is 0 Å². The molecular formula is C12H22O4Se. The third-order valence-electron chi connectivity index (χ3n) is 1.98. The molecule has 0 saturated heterocycles. The van der Waals surface area contributed by atoms with Gasteiger partial charge in [-0.2, -0.15) is 0 Å². The molecule has 0 bridgehead atoms. The first-order valence-electron chi connectivity index (χ1n) is 5.97. The molecular weight excluding hydrogens is 287 g/mol.